The molecule has 6 rings (SSSR count). The van der Waals surface area contributed by atoms with Crippen LogP contribution in [0.1, 0.15) is 30.0 Å². The summed E-state index contributed by atoms with van der Waals surface area (Å²) < 4.78 is 27.4. The van der Waals surface area contributed by atoms with Gasteiger partial charge < -0.3 is 24.3 Å². The van der Waals surface area contributed by atoms with Crippen molar-refractivity contribution in [1.29, 1.82) is 0 Å². The van der Waals surface area contributed by atoms with E-state index in [9.17, 15) is 9.18 Å². The fraction of sp³-hybridized carbons (Fsp3) is 0.478. The minimum atomic E-state index is -0.247. The maximum absolute atomic E-state index is 14.7. The number of nitrogens with zero attached hydrogens (tertiary/aromatic N) is 5. The van der Waals surface area contributed by atoms with Crippen LogP contribution in [-0.4, -0.2) is 63.5 Å². The Morgan fingerprint density at radius 3 is 2.88 bits per heavy atom. The van der Waals surface area contributed by atoms with Crippen molar-refractivity contribution in [1.82, 2.24) is 30.0 Å². The minimum Gasteiger partial charge on any atom is -0.484 e. The van der Waals surface area contributed by atoms with E-state index in [1.165, 1.54) is 12.3 Å². The second-order valence-corrected chi connectivity index (χ2v) is 8.89. The maximum Gasteiger partial charge on any atom is 0.276 e. The molecule has 1 fully saturated rings. The van der Waals surface area contributed by atoms with Crippen molar-refractivity contribution in [3.63, 3.8) is 0 Å². The van der Waals surface area contributed by atoms with Gasteiger partial charge >= 0.3 is 0 Å². The Morgan fingerprint density at radius 1 is 1.15 bits per heavy atom. The molecule has 2 aromatic heterocycles. The molecule has 0 spiro atoms. The Hall–Kier alpha value is -3.11. The number of hydrogen-bond acceptors (Lipinski definition) is 8. The molecule has 33 heavy (non-hydrogen) atoms. The van der Waals surface area contributed by atoms with Crippen molar-refractivity contribution in [3.8, 4) is 11.6 Å². The summed E-state index contributed by atoms with van der Waals surface area (Å²) in [7, 11) is 0. The SMILES string of the molecule is O=c1cnc2ccc(F)c3c2n1CC3CN1CCC(NCc2cc3c(nn2)OCCO3)CC1. The standard InChI is InChI=1S/C23H25FN6O3/c24-17-1-2-18-22-21(17)14(13-30(22)20(31)11-26-18)12-29-5-3-15(4-6-29)25-10-16-9-19-23(28-27-16)33-8-7-32-19/h1-2,9,11,14-15,25H,3-8,10,12-13H2. The van der Waals surface area contributed by atoms with Crippen LogP contribution >= 0.6 is 0 Å². The summed E-state index contributed by atoms with van der Waals surface area (Å²) in [6, 6.07) is 5.38. The number of aromatic nitrogens is 4. The Bertz CT molecular complexity index is 1260. The molecule has 3 aliphatic heterocycles. The van der Waals surface area contributed by atoms with Crippen molar-refractivity contribution in [2.45, 2.75) is 37.9 Å². The van der Waals surface area contributed by atoms with E-state index in [0.29, 0.717) is 60.6 Å². The zero-order valence-corrected chi connectivity index (χ0v) is 18.2. The Morgan fingerprint density at radius 2 is 2.00 bits per heavy atom. The first kappa shape index (κ1) is 20.5. The number of nitrogens with one attached hydrogen (secondary N) is 1. The largest absolute Gasteiger partial charge is 0.484 e. The fourth-order valence-corrected chi connectivity index (χ4v) is 5.16. The third-order valence-electron chi connectivity index (χ3n) is 6.80. The van der Waals surface area contributed by atoms with Gasteiger partial charge in [0.05, 0.1) is 22.9 Å². The van der Waals surface area contributed by atoms with Gasteiger partial charge in [-0.3, -0.25) is 4.79 Å². The normalized spacial score (nSPS) is 20.5. The molecule has 0 radical (unpaired) electrons. The van der Waals surface area contributed by atoms with Gasteiger partial charge in [0.25, 0.3) is 11.4 Å². The number of rotatable bonds is 5. The number of hydrogen-bond donors (Lipinski definition) is 1. The lowest BCUT2D eigenvalue weighted by molar-refractivity contribution is 0.161. The second kappa shape index (κ2) is 8.35. The topological polar surface area (TPSA) is 94.4 Å². The maximum atomic E-state index is 14.7. The lowest BCUT2D eigenvalue weighted by Crippen LogP contribution is -2.43. The van der Waals surface area contributed by atoms with E-state index in [1.54, 1.807) is 10.6 Å². The van der Waals surface area contributed by atoms with Crippen LogP contribution in [0.4, 0.5) is 4.39 Å². The average Bonchev–Trinajstić information content (AvgIpc) is 3.23. The predicted octanol–water partition coefficient (Wildman–Crippen LogP) is 1.45. The number of fused-ring (bicyclic) bond motifs is 1. The zero-order valence-electron chi connectivity index (χ0n) is 18.2. The van der Waals surface area contributed by atoms with Crippen LogP contribution < -0.4 is 20.3 Å². The molecule has 1 atom stereocenters. The van der Waals surface area contributed by atoms with Crippen molar-refractivity contribution < 1.29 is 13.9 Å². The Labute approximate surface area is 189 Å². The zero-order chi connectivity index (χ0) is 22.4. The molecule has 3 aromatic rings. The third-order valence-corrected chi connectivity index (χ3v) is 6.80. The molecule has 172 valence electrons. The molecule has 3 aliphatic rings. The first-order valence-corrected chi connectivity index (χ1v) is 11.4. The summed E-state index contributed by atoms with van der Waals surface area (Å²) >= 11 is 0. The van der Waals surface area contributed by atoms with Gasteiger partial charge in [0.2, 0.25) is 0 Å². The molecular weight excluding hydrogens is 427 g/mol. The van der Waals surface area contributed by atoms with Gasteiger partial charge in [-0.05, 0) is 38.1 Å². The summed E-state index contributed by atoms with van der Waals surface area (Å²) in [5, 5.41) is 11.9. The van der Waals surface area contributed by atoms with Crippen LogP contribution in [0.2, 0.25) is 0 Å². The highest BCUT2D eigenvalue weighted by Gasteiger charge is 2.31. The molecule has 1 saturated heterocycles. The molecule has 1 aromatic carbocycles. The summed E-state index contributed by atoms with van der Waals surface area (Å²) in [5.74, 6) is 0.820. The molecular formula is C23H25FN6O3. The van der Waals surface area contributed by atoms with Crippen LogP contribution in [0.25, 0.3) is 11.0 Å². The first-order chi connectivity index (χ1) is 16.2. The molecule has 1 unspecified atom stereocenters. The molecule has 0 saturated carbocycles. The van der Waals surface area contributed by atoms with Crippen LogP contribution in [0.3, 0.4) is 0 Å². The fourth-order valence-electron chi connectivity index (χ4n) is 5.16. The van der Waals surface area contributed by atoms with Gasteiger partial charge in [0.1, 0.15) is 19.0 Å². The molecule has 0 bridgehead atoms. The summed E-state index contributed by atoms with van der Waals surface area (Å²) in [6.45, 7) is 4.73. The highest BCUT2D eigenvalue weighted by Crippen LogP contribution is 2.35. The van der Waals surface area contributed by atoms with E-state index in [2.05, 4.69) is 25.4 Å². The molecule has 9 nitrogen and oxygen atoms in total. The summed E-state index contributed by atoms with van der Waals surface area (Å²) in [5.41, 5.74) is 2.63. The lowest BCUT2D eigenvalue weighted by atomic mass is 9.97. The van der Waals surface area contributed by atoms with Crippen molar-refractivity contribution in [3.05, 3.63) is 51.8 Å². The number of ether oxygens (including phenoxy) is 2. The predicted molar refractivity (Wildman–Crippen MR) is 118 cm³/mol. The van der Waals surface area contributed by atoms with E-state index in [1.807, 2.05) is 6.07 Å². The lowest BCUT2D eigenvalue weighted by Gasteiger charge is -2.34. The smallest absolute Gasteiger partial charge is 0.276 e. The first-order valence-electron chi connectivity index (χ1n) is 11.4. The Kier molecular flexibility index (Phi) is 5.18. The van der Waals surface area contributed by atoms with Gasteiger partial charge in [-0.15, -0.1) is 5.10 Å². The number of benzene rings is 1. The number of piperidine rings is 1. The molecule has 0 aliphatic carbocycles. The summed E-state index contributed by atoms with van der Waals surface area (Å²) in [4.78, 5) is 18.9. The monoisotopic (exact) mass is 452 g/mol. The van der Waals surface area contributed by atoms with Crippen molar-refractivity contribution in [2.75, 3.05) is 32.8 Å². The van der Waals surface area contributed by atoms with E-state index in [0.717, 1.165) is 38.2 Å². The van der Waals surface area contributed by atoms with E-state index in [-0.39, 0.29) is 17.3 Å². The van der Waals surface area contributed by atoms with Crippen LogP contribution in [0.5, 0.6) is 11.6 Å². The molecule has 5 heterocycles. The average molecular weight is 452 g/mol. The van der Waals surface area contributed by atoms with Crippen LogP contribution in [0, 0.1) is 5.82 Å². The Balaban J connectivity index is 1.06. The van der Waals surface area contributed by atoms with E-state index < -0.39 is 0 Å². The van der Waals surface area contributed by atoms with Crippen molar-refractivity contribution in [2.24, 2.45) is 0 Å². The van der Waals surface area contributed by atoms with Crippen molar-refractivity contribution >= 4 is 11.0 Å². The molecule has 10 heteroatoms. The minimum absolute atomic E-state index is 0.0388. The highest BCUT2D eigenvalue weighted by atomic mass is 19.1. The number of likely N-dealkylation sites (tertiary alicyclic amines) is 1. The van der Waals surface area contributed by atoms with Gasteiger partial charge in [-0.2, -0.15) is 5.10 Å². The number of halogens is 1. The quantitative estimate of drug-likeness (QED) is 0.622. The van der Waals surface area contributed by atoms with Gasteiger partial charge in [-0.25, -0.2) is 9.37 Å². The summed E-state index contributed by atoms with van der Waals surface area (Å²) in [6.07, 6.45) is 3.31. The van der Waals surface area contributed by atoms with E-state index in [4.69, 9.17) is 9.47 Å². The third kappa shape index (κ3) is 3.83. The van der Waals surface area contributed by atoms with Crippen LogP contribution in [-0.2, 0) is 13.1 Å². The van der Waals surface area contributed by atoms with Gasteiger partial charge in [0, 0.05) is 43.2 Å². The second-order valence-electron chi connectivity index (χ2n) is 8.89. The molecule has 1 N–H and O–H groups in total. The van der Waals surface area contributed by atoms with Gasteiger partial charge in [0.15, 0.2) is 5.75 Å². The van der Waals surface area contributed by atoms with Gasteiger partial charge in [-0.1, -0.05) is 0 Å². The van der Waals surface area contributed by atoms with Crippen LogP contribution in [0.15, 0.2) is 29.2 Å². The highest BCUT2D eigenvalue weighted by molar-refractivity contribution is 5.80. The van der Waals surface area contributed by atoms with E-state index >= 15 is 0 Å². The molecule has 0 amide bonds.